The molecule has 3 N–H and O–H groups in total. The lowest BCUT2D eigenvalue weighted by Gasteiger charge is -2.27. The topological polar surface area (TPSA) is 50.9 Å². The van der Waals surface area contributed by atoms with Crippen molar-refractivity contribution in [2.75, 3.05) is 42.9 Å². The lowest BCUT2D eigenvalue weighted by atomic mass is 10.1. The highest BCUT2D eigenvalue weighted by molar-refractivity contribution is 5.92. The maximum absolute atomic E-state index is 12.3. The zero-order chi connectivity index (χ0) is 16.9. The monoisotopic (exact) mass is 326 g/mol. The first-order chi connectivity index (χ1) is 11.6. The summed E-state index contributed by atoms with van der Waals surface area (Å²) in [5, 5.41) is 3.06. The smallest absolute Gasteiger partial charge is 0.279 e. The van der Waals surface area contributed by atoms with E-state index in [1.54, 1.807) is 0 Å². The van der Waals surface area contributed by atoms with Crippen LogP contribution in [0.25, 0.3) is 0 Å². The average Bonchev–Trinajstić information content (AvgIpc) is 2.60. The minimum Gasteiger partial charge on any atom is -0.321 e. The number of carbonyl (C=O) groups is 1. The summed E-state index contributed by atoms with van der Waals surface area (Å²) in [4.78, 5) is 19.3. The summed E-state index contributed by atoms with van der Waals surface area (Å²) in [6.07, 6.45) is 1.95. The molecule has 0 bridgehead atoms. The van der Waals surface area contributed by atoms with E-state index in [-0.39, 0.29) is 5.91 Å². The molecule has 0 aliphatic carbocycles. The standard InChI is InChI=1S/C19H24N4O/c1-15-6-5-7-17(16(15)2)21-19(24)14-22-10-12-23(13-11-22)18-8-3-4-9-20-18/h3-9H,10-14H2,1-2H3,(H,21,24)/p+2. The molecule has 5 heteroatoms. The van der Waals surface area contributed by atoms with Gasteiger partial charge in [-0.15, -0.1) is 0 Å². The van der Waals surface area contributed by atoms with Crippen molar-refractivity contribution >= 4 is 17.4 Å². The number of hydrogen-bond acceptors (Lipinski definition) is 2. The van der Waals surface area contributed by atoms with Crippen LogP contribution < -0.4 is 20.1 Å². The number of aromatic nitrogens is 1. The van der Waals surface area contributed by atoms with Crippen LogP contribution in [0.15, 0.2) is 42.6 Å². The number of aromatic amines is 1. The Morgan fingerprint density at radius 3 is 2.67 bits per heavy atom. The van der Waals surface area contributed by atoms with Crippen LogP contribution in [0.4, 0.5) is 11.5 Å². The third-order valence-electron chi connectivity index (χ3n) is 4.79. The molecule has 2 aromatic rings. The molecule has 1 amide bonds. The lowest BCUT2D eigenvalue weighted by Crippen LogP contribution is -3.15. The predicted octanol–water partition coefficient (Wildman–Crippen LogP) is 0.461. The van der Waals surface area contributed by atoms with Crippen molar-refractivity contribution in [1.82, 2.24) is 0 Å². The first kappa shape index (κ1) is 16.5. The molecule has 5 nitrogen and oxygen atoms in total. The van der Waals surface area contributed by atoms with E-state index in [4.69, 9.17) is 0 Å². The Kier molecular flexibility index (Phi) is 5.11. The first-order valence-electron chi connectivity index (χ1n) is 8.55. The number of amides is 1. The summed E-state index contributed by atoms with van der Waals surface area (Å²) in [7, 11) is 0. The van der Waals surface area contributed by atoms with Crippen LogP contribution in [-0.4, -0.2) is 38.6 Å². The third-order valence-corrected chi connectivity index (χ3v) is 4.79. The summed E-state index contributed by atoms with van der Waals surface area (Å²) in [5.41, 5.74) is 3.27. The van der Waals surface area contributed by atoms with E-state index >= 15 is 0 Å². The van der Waals surface area contributed by atoms with Gasteiger partial charge in [-0.2, -0.15) is 0 Å². The van der Waals surface area contributed by atoms with Gasteiger partial charge in [0.15, 0.2) is 6.54 Å². The molecule has 3 rings (SSSR count). The molecular formula is C19H26N4O+2. The number of piperazine rings is 1. The third kappa shape index (κ3) is 3.92. The molecule has 126 valence electrons. The van der Waals surface area contributed by atoms with Gasteiger partial charge in [-0.3, -0.25) is 9.69 Å². The van der Waals surface area contributed by atoms with Crippen molar-refractivity contribution in [2.45, 2.75) is 13.8 Å². The van der Waals surface area contributed by atoms with Crippen molar-refractivity contribution in [2.24, 2.45) is 0 Å². The zero-order valence-electron chi connectivity index (χ0n) is 14.4. The van der Waals surface area contributed by atoms with E-state index in [0.29, 0.717) is 6.54 Å². The second-order valence-electron chi connectivity index (χ2n) is 6.46. The molecule has 0 spiro atoms. The van der Waals surface area contributed by atoms with E-state index in [1.807, 2.05) is 37.4 Å². The van der Waals surface area contributed by atoms with Gasteiger partial charge in [-0.05, 0) is 37.1 Å². The highest BCUT2D eigenvalue weighted by atomic mass is 16.2. The van der Waals surface area contributed by atoms with Crippen LogP contribution in [0.2, 0.25) is 0 Å². The molecule has 0 saturated carbocycles. The van der Waals surface area contributed by atoms with Crippen LogP contribution >= 0.6 is 0 Å². The Labute approximate surface area is 143 Å². The van der Waals surface area contributed by atoms with Gasteiger partial charge in [0.1, 0.15) is 26.2 Å². The summed E-state index contributed by atoms with van der Waals surface area (Å²) in [5.74, 6) is 1.25. The molecule has 0 unspecified atom stereocenters. The molecule has 24 heavy (non-hydrogen) atoms. The fourth-order valence-corrected chi connectivity index (χ4v) is 3.13. The number of H-pyrrole nitrogens is 1. The van der Waals surface area contributed by atoms with Gasteiger partial charge in [-0.1, -0.05) is 18.2 Å². The number of hydrogen-bond donors (Lipinski definition) is 2. The van der Waals surface area contributed by atoms with Crippen molar-refractivity contribution < 1.29 is 14.7 Å². The van der Waals surface area contributed by atoms with E-state index in [2.05, 4.69) is 34.3 Å². The van der Waals surface area contributed by atoms with Crippen LogP contribution in [0, 0.1) is 13.8 Å². The Hall–Kier alpha value is -2.40. The molecule has 1 fully saturated rings. The largest absolute Gasteiger partial charge is 0.321 e. The second-order valence-corrected chi connectivity index (χ2v) is 6.46. The molecule has 0 atom stereocenters. The molecule has 1 aromatic carbocycles. The van der Waals surface area contributed by atoms with Gasteiger partial charge in [-0.25, -0.2) is 4.98 Å². The number of benzene rings is 1. The molecule has 1 aliphatic heterocycles. The Morgan fingerprint density at radius 2 is 1.96 bits per heavy atom. The van der Waals surface area contributed by atoms with Crippen molar-refractivity contribution in [3.63, 3.8) is 0 Å². The van der Waals surface area contributed by atoms with Crippen LogP contribution in [0.5, 0.6) is 0 Å². The first-order valence-corrected chi connectivity index (χ1v) is 8.55. The fourth-order valence-electron chi connectivity index (χ4n) is 3.13. The maximum atomic E-state index is 12.3. The van der Waals surface area contributed by atoms with Crippen LogP contribution in [0.1, 0.15) is 11.1 Å². The van der Waals surface area contributed by atoms with Crippen molar-refractivity contribution in [1.29, 1.82) is 0 Å². The van der Waals surface area contributed by atoms with Crippen LogP contribution in [0.3, 0.4) is 0 Å². The van der Waals surface area contributed by atoms with E-state index in [9.17, 15) is 4.79 Å². The Balaban J connectivity index is 1.51. The number of nitrogens with one attached hydrogen (secondary N) is 3. The average molecular weight is 326 g/mol. The number of aryl methyl sites for hydroxylation is 1. The van der Waals surface area contributed by atoms with E-state index in [0.717, 1.165) is 43.2 Å². The lowest BCUT2D eigenvalue weighted by molar-refractivity contribution is -0.892. The van der Waals surface area contributed by atoms with Gasteiger partial charge < -0.3 is 10.2 Å². The van der Waals surface area contributed by atoms with Gasteiger partial charge >= 0.3 is 0 Å². The number of carbonyl (C=O) groups excluding carboxylic acids is 1. The number of rotatable bonds is 4. The SMILES string of the molecule is Cc1cccc(NC(=O)C[NH+]2CCN(c3cccc[nH+]3)CC2)c1C. The normalized spacial score (nSPS) is 15.3. The Bertz CT molecular complexity index is 694. The summed E-state index contributed by atoms with van der Waals surface area (Å²) >= 11 is 0. The number of anilines is 2. The number of pyridine rings is 1. The van der Waals surface area contributed by atoms with Crippen molar-refractivity contribution in [3.8, 4) is 0 Å². The molecule has 1 aliphatic rings. The van der Waals surface area contributed by atoms with Crippen molar-refractivity contribution in [3.05, 3.63) is 53.7 Å². The number of nitrogens with zero attached hydrogens (tertiary/aromatic N) is 1. The van der Waals surface area contributed by atoms with Crippen LogP contribution in [-0.2, 0) is 4.79 Å². The summed E-state index contributed by atoms with van der Waals surface area (Å²) < 4.78 is 0. The highest BCUT2D eigenvalue weighted by Crippen LogP contribution is 2.17. The quantitative estimate of drug-likeness (QED) is 0.858. The fraction of sp³-hybridized carbons (Fsp3) is 0.368. The molecule has 1 saturated heterocycles. The molecular weight excluding hydrogens is 300 g/mol. The van der Waals surface area contributed by atoms with E-state index < -0.39 is 0 Å². The molecule has 0 radical (unpaired) electrons. The van der Waals surface area contributed by atoms with Gasteiger partial charge in [0.25, 0.3) is 11.7 Å². The predicted molar refractivity (Wildman–Crippen MR) is 95.3 cm³/mol. The minimum absolute atomic E-state index is 0.0958. The maximum Gasteiger partial charge on any atom is 0.279 e. The second kappa shape index (κ2) is 7.45. The summed E-state index contributed by atoms with van der Waals surface area (Å²) in [6, 6.07) is 12.2. The Morgan fingerprint density at radius 1 is 1.17 bits per heavy atom. The highest BCUT2D eigenvalue weighted by Gasteiger charge is 2.27. The van der Waals surface area contributed by atoms with E-state index in [1.165, 1.54) is 10.5 Å². The van der Waals surface area contributed by atoms with Gasteiger partial charge in [0.2, 0.25) is 0 Å². The number of quaternary nitrogens is 1. The molecule has 1 aromatic heterocycles. The summed E-state index contributed by atoms with van der Waals surface area (Å²) in [6.45, 7) is 8.52. The minimum atomic E-state index is 0.0958. The van der Waals surface area contributed by atoms with Gasteiger partial charge in [0.05, 0.1) is 6.20 Å². The zero-order valence-corrected chi connectivity index (χ0v) is 14.4. The van der Waals surface area contributed by atoms with Gasteiger partial charge in [0, 0.05) is 11.8 Å². The molecule has 2 heterocycles.